The summed E-state index contributed by atoms with van der Waals surface area (Å²) in [4.78, 5) is 22.0. The van der Waals surface area contributed by atoms with Crippen molar-refractivity contribution in [2.45, 2.75) is 30.9 Å². The van der Waals surface area contributed by atoms with Crippen LogP contribution in [0.15, 0.2) is 34.3 Å². The molecule has 1 unspecified atom stereocenters. The third kappa shape index (κ3) is 3.12. The van der Waals surface area contributed by atoms with Crippen molar-refractivity contribution in [2.75, 3.05) is 24.3 Å². The molecule has 5 rings (SSSR count). The second-order valence-corrected chi connectivity index (χ2v) is 9.54. The lowest BCUT2D eigenvalue weighted by atomic mass is 9.87. The zero-order chi connectivity index (χ0) is 22.8. The number of rotatable bonds is 3. The lowest BCUT2D eigenvalue weighted by Crippen LogP contribution is -2.27. The van der Waals surface area contributed by atoms with Crippen molar-refractivity contribution in [3.8, 4) is 0 Å². The molecule has 3 aliphatic heterocycles. The van der Waals surface area contributed by atoms with Crippen LogP contribution >= 0.6 is 11.8 Å². The number of fused-ring (bicyclic) bond motifs is 2. The Morgan fingerprint density at radius 1 is 1.25 bits per heavy atom. The maximum absolute atomic E-state index is 14.3. The fourth-order valence-electron chi connectivity index (χ4n) is 4.23. The van der Waals surface area contributed by atoms with E-state index in [0.717, 1.165) is 23.3 Å². The minimum Gasteiger partial charge on any atom is -0.383 e. The summed E-state index contributed by atoms with van der Waals surface area (Å²) in [5.41, 5.74) is 7.22. The fraction of sp³-hybridized carbons (Fsp3) is 0.318. The van der Waals surface area contributed by atoms with Crippen molar-refractivity contribution in [3.05, 3.63) is 68.7 Å². The second kappa shape index (κ2) is 7.35. The summed E-state index contributed by atoms with van der Waals surface area (Å²) in [5.74, 6) is -2.38. The molecule has 6 nitrogen and oxygen atoms in total. The Bertz CT molecular complexity index is 1240. The minimum atomic E-state index is -1.20. The number of benzene rings is 1. The molecule has 166 valence electrons. The Morgan fingerprint density at radius 3 is 2.78 bits per heavy atom. The Kier molecular flexibility index (Phi) is 4.82. The Morgan fingerprint density at radius 2 is 2.00 bits per heavy atom. The average molecular weight is 460 g/mol. The number of nitrogens with zero attached hydrogens (tertiary/aromatic N) is 2. The highest BCUT2D eigenvalue weighted by Crippen LogP contribution is 2.53. The van der Waals surface area contributed by atoms with E-state index in [2.05, 4.69) is 15.3 Å². The molecule has 1 aromatic heterocycles. The zero-order valence-electron chi connectivity index (χ0n) is 17.3. The highest BCUT2D eigenvalue weighted by Gasteiger charge is 2.43. The van der Waals surface area contributed by atoms with Crippen molar-refractivity contribution in [2.24, 2.45) is 0 Å². The topological polar surface area (TPSA) is 90.1 Å². The van der Waals surface area contributed by atoms with Gasteiger partial charge in [-0.15, -0.1) is 11.8 Å². The first-order valence-electron chi connectivity index (χ1n) is 9.97. The molecular weight excluding hydrogens is 441 g/mol. The lowest BCUT2D eigenvalue weighted by molar-refractivity contribution is -0.119. The molecule has 0 saturated heterocycles. The normalized spacial score (nSPS) is 21.3. The van der Waals surface area contributed by atoms with Gasteiger partial charge in [0.25, 0.3) is 0 Å². The standard InChI is InChI=1S/C22H19F3N4O2S/c1-22(2)15-18(26)27-20(28-19(15)29-21(22)30)17-9-5-6-31-8-11(9)14(32-17)7-10-12(23)3-4-13(24)16(10)25/h3-5,17H,6-8H2,1-2H3,(H3,26,27,28,29,30). The lowest BCUT2D eigenvalue weighted by Gasteiger charge is -2.19. The van der Waals surface area contributed by atoms with Crippen molar-refractivity contribution < 1.29 is 22.7 Å². The van der Waals surface area contributed by atoms with E-state index in [0.29, 0.717) is 28.7 Å². The number of nitrogen functional groups attached to an aromatic ring is 1. The largest absolute Gasteiger partial charge is 0.383 e. The predicted octanol–water partition coefficient (Wildman–Crippen LogP) is 3.95. The average Bonchev–Trinajstić information content (AvgIpc) is 3.22. The van der Waals surface area contributed by atoms with Gasteiger partial charge in [0.2, 0.25) is 5.91 Å². The molecular formula is C22H19F3N4O2S. The van der Waals surface area contributed by atoms with E-state index in [1.807, 2.05) is 6.08 Å². The first-order chi connectivity index (χ1) is 15.2. The number of aromatic nitrogens is 2. The molecule has 4 heterocycles. The molecule has 0 radical (unpaired) electrons. The number of anilines is 2. The van der Waals surface area contributed by atoms with Gasteiger partial charge in [-0.2, -0.15) is 0 Å². The summed E-state index contributed by atoms with van der Waals surface area (Å²) in [6.07, 6.45) is 1.74. The summed E-state index contributed by atoms with van der Waals surface area (Å²) in [6.45, 7) is 4.13. The smallest absolute Gasteiger partial charge is 0.235 e. The van der Waals surface area contributed by atoms with Gasteiger partial charge in [0.15, 0.2) is 17.5 Å². The SMILES string of the molecule is CC1(C)C(=O)Nc2nc(C3SC(Cc4c(F)ccc(F)c4F)=C4COCC=C43)nc(N)c21. The molecule has 1 aromatic carbocycles. The first-order valence-corrected chi connectivity index (χ1v) is 10.8. The van der Waals surface area contributed by atoms with Crippen LogP contribution in [0.4, 0.5) is 24.8 Å². The minimum absolute atomic E-state index is 0.128. The number of carbonyl (C=O) groups is 1. The number of nitrogens with two attached hydrogens (primary N) is 1. The fourth-order valence-corrected chi connectivity index (χ4v) is 5.64. The molecule has 0 bridgehead atoms. The van der Waals surface area contributed by atoms with E-state index in [-0.39, 0.29) is 30.3 Å². The van der Waals surface area contributed by atoms with Gasteiger partial charge in [0, 0.05) is 12.0 Å². The van der Waals surface area contributed by atoms with Gasteiger partial charge in [-0.05, 0) is 42.0 Å². The van der Waals surface area contributed by atoms with Crippen LogP contribution in [0.2, 0.25) is 0 Å². The molecule has 0 aliphatic carbocycles. The van der Waals surface area contributed by atoms with Crippen LogP contribution in [0.25, 0.3) is 0 Å². The van der Waals surface area contributed by atoms with Crippen molar-refractivity contribution in [1.29, 1.82) is 0 Å². The molecule has 2 aromatic rings. The number of amides is 1. The summed E-state index contributed by atoms with van der Waals surface area (Å²) in [7, 11) is 0. The van der Waals surface area contributed by atoms with E-state index in [1.54, 1.807) is 13.8 Å². The number of hydrogen-bond donors (Lipinski definition) is 2. The number of halogens is 3. The number of thioether (sulfide) groups is 1. The molecule has 0 fully saturated rings. The summed E-state index contributed by atoms with van der Waals surface area (Å²) < 4.78 is 47.8. The van der Waals surface area contributed by atoms with Gasteiger partial charge in [-0.3, -0.25) is 4.79 Å². The number of carbonyl (C=O) groups excluding carboxylic acids is 1. The second-order valence-electron chi connectivity index (χ2n) is 8.34. The van der Waals surface area contributed by atoms with Crippen molar-refractivity contribution >= 4 is 29.3 Å². The highest BCUT2D eigenvalue weighted by atomic mass is 32.2. The molecule has 10 heteroatoms. The van der Waals surface area contributed by atoms with Crippen LogP contribution in [-0.2, 0) is 21.4 Å². The van der Waals surface area contributed by atoms with Crippen LogP contribution in [0.5, 0.6) is 0 Å². The van der Waals surface area contributed by atoms with E-state index in [9.17, 15) is 18.0 Å². The number of allylic oxidation sites excluding steroid dienone is 1. The van der Waals surface area contributed by atoms with E-state index in [4.69, 9.17) is 10.5 Å². The third-order valence-corrected chi connectivity index (χ3v) is 7.36. The van der Waals surface area contributed by atoms with Crippen molar-refractivity contribution in [3.63, 3.8) is 0 Å². The molecule has 32 heavy (non-hydrogen) atoms. The van der Waals surface area contributed by atoms with E-state index < -0.39 is 28.1 Å². The summed E-state index contributed by atoms with van der Waals surface area (Å²) in [6, 6.07) is 1.68. The van der Waals surface area contributed by atoms with Gasteiger partial charge in [-0.25, -0.2) is 23.1 Å². The number of ether oxygens (including phenoxy) is 1. The number of hydrogen-bond acceptors (Lipinski definition) is 6. The maximum Gasteiger partial charge on any atom is 0.235 e. The maximum atomic E-state index is 14.3. The molecule has 1 amide bonds. The van der Waals surface area contributed by atoms with Crippen LogP contribution in [0.1, 0.15) is 36.0 Å². The monoisotopic (exact) mass is 460 g/mol. The Labute approximate surface area is 186 Å². The van der Waals surface area contributed by atoms with Crippen LogP contribution in [0, 0.1) is 17.5 Å². The number of nitrogens with one attached hydrogen (secondary N) is 1. The Balaban J connectivity index is 1.54. The third-order valence-electron chi connectivity index (χ3n) is 5.98. The van der Waals surface area contributed by atoms with Crippen molar-refractivity contribution in [1.82, 2.24) is 9.97 Å². The molecule has 0 spiro atoms. The van der Waals surface area contributed by atoms with E-state index in [1.165, 1.54) is 11.8 Å². The van der Waals surface area contributed by atoms with Gasteiger partial charge < -0.3 is 15.8 Å². The summed E-state index contributed by atoms with van der Waals surface area (Å²) in [5, 5.41) is 2.37. The van der Waals surface area contributed by atoms with Crippen LogP contribution < -0.4 is 11.1 Å². The van der Waals surface area contributed by atoms with Gasteiger partial charge in [-0.1, -0.05) is 6.08 Å². The van der Waals surface area contributed by atoms with E-state index >= 15 is 0 Å². The van der Waals surface area contributed by atoms with Gasteiger partial charge >= 0.3 is 0 Å². The quantitative estimate of drug-likeness (QED) is 0.675. The molecule has 1 atom stereocenters. The molecule has 3 aliphatic rings. The molecule has 3 N–H and O–H groups in total. The van der Waals surface area contributed by atoms with Crippen LogP contribution in [0.3, 0.4) is 0 Å². The predicted molar refractivity (Wildman–Crippen MR) is 114 cm³/mol. The first kappa shape index (κ1) is 21.0. The van der Waals surface area contributed by atoms with Crippen LogP contribution in [-0.4, -0.2) is 29.1 Å². The van der Waals surface area contributed by atoms with Gasteiger partial charge in [0.1, 0.15) is 17.5 Å². The molecule has 0 saturated carbocycles. The summed E-state index contributed by atoms with van der Waals surface area (Å²) >= 11 is 1.32. The van der Waals surface area contributed by atoms with Gasteiger partial charge in [0.05, 0.1) is 29.4 Å². The highest BCUT2D eigenvalue weighted by molar-refractivity contribution is 8.03. The zero-order valence-corrected chi connectivity index (χ0v) is 18.1. The Hall–Kier alpha value is -2.85.